The normalized spacial score (nSPS) is 13.8. The van der Waals surface area contributed by atoms with E-state index in [0.29, 0.717) is 15.4 Å². The van der Waals surface area contributed by atoms with E-state index in [1.165, 1.54) is 22.3 Å². The highest BCUT2D eigenvalue weighted by molar-refractivity contribution is 7.15. The lowest BCUT2D eigenvalue weighted by Crippen LogP contribution is -2.40. The average molecular weight is 333 g/mol. The van der Waals surface area contributed by atoms with Gasteiger partial charge in [-0.25, -0.2) is 9.37 Å². The molecule has 0 radical (unpaired) electrons. The zero-order chi connectivity index (χ0) is 16.6. The van der Waals surface area contributed by atoms with Gasteiger partial charge in [0, 0.05) is 11.6 Å². The summed E-state index contributed by atoms with van der Waals surface area (Å²) in [6.07, 6.45) is 1.69. The molecule has 1 heterocycles. The molecule has 23 heavy (non-hydrogen) atoms. The minimum Gasteiger partial charge on any atom is -0.368 e. The van der Waals surface area contributed by atoms with Crippen molar-refractivity contribution in [2.24, 2.45) is 5.73 Å². The number of carbonyl (C=O) groups is 2. The average Bonchev–Trinajstić information content (AvgIpc) is 3.27. The van der Waals surface area contributed by atoms with Crippen LogP contribution in [0.15, 0.2) is 24.3 Å². The molecule has 1 aliphatic rings. The van der Waals surface area contributed by atoms with Crippen LogP contribution < -0.4 is 5.73 Å². The summed E-state index contributed by atoms with van der Waals surface area (Å²) >= 11 is 1.26. The first-order valence-corrected chi connectivity index (χ1v) is 8.10. The van der Waals surface area contributed by atoms with Gasteiger partial charge in [-0.3, -0.25) is 9.59 Å². The Balaban J connectivity index is 2.01. The van der Waals surface area contributed by atoms with Crippen LogP contribution in [-0.2, 0) is 4.79 Å². The topological polar surface area (TPSA) is 76.3 Å². The van der Waals surface area contributed by atoms with Gasteiger partial charge in [-0.15, -0.1) is 11.3 Å². The summed E-state index contributed by atoms with van der Waals surface area (Å²) in [5.74, 6) is -1.34. The van der Waals surface area contributed by atoms with Gasteiger partial charge in [0.25, 0.3) is 5.91 Å². The zero-order valence-corrected chi connectivity index (χ0v) is 13.4. The monoisotopic (exact) mass is 333 g/mol. The molecule has 1 saturated carbocycles. The molecule has 0 aliphatic heterocycles. The molecule has 5 nitrogen and oxygen atoms in total. The van der Waals surface area contributed by atoms with Crippen LogP contribution in [-0.4, -0.2) is 34.3 Å². The van der Waals surface area contributed by atoms with Gasteiger partial charge in [0.2, 0.25) is 5.91 Å². The Kier molecular flexibility index (Phi) is 4.12. The van der Waals surface area contributed by atoms with E-state index in [4.69, 9.17) is 5.73 Å². The maximum Gasteiger partial charge on any atom is 0.274 e. The number of hydrogen-bond acceptors (Lipinski definition) is 4. The predicted molar refractivity (Wildman–Crippen MR) is 85.5 cm³/mol. The van der Waals surface area contributed by atoms with Crippen LogP contribution in [0.2, 0.25) is 0 Å². The molecule has 2 amide bonds. The number of amides is 2. The molecule has 2 aromatic rings. The Morgan fingerprint density at radius 3 is 2.70 bits per heavy atom. The minimum atomic E-state index is -0.565. The second-order valence-electron chi connectivity index (χ2n) is 5.52. The largest absolute Gasteiger partial charge is 0.368 e. The van der Waals surface area contributed by atoms with E-state index in [-0.39, 0.29) is 24.2 Å². The van der Waals surface area contributed by atoms with Gasteiger partial charge in [0.1, 0.15) is 11.5 Å². The Labute approximate surface area is 136 Å². The maximum absolute atomic E-state index is 14.1. The Morgan fingerprint density at radius 1 is 1.39 bits per heavy atom. The molecule has 1 fully saturated rings. The van der Waals surface area contributed by atoms with Gasteiger partial charge in [0.15, 0.2) is 0 Å². The number of rotatable bonds is 5. The number of carbonyl (C=O) groups excluding carboxylic acids is 2. The SMILES string of the molecule is Cc1nc(C(=O)N(CC(N)=O)C2CC2)c(-c2ccccc2F)s1. The minimum absolute atomic E-state index is 0.0190. The number of halogens is 1. The Morgan fingerprint density at radius 2 is 2.09 bits per heavy atom. The summed E-state index contributed by atoms with van der Waals surface area (Å²) < 4.78 is 14.1. The second kappa shape index (κ2) is 6.08. The summed E-state index contributed by atoms with van der Waals surface area (Å²) in [4.78, 5) is 30.3. The Bertz CT molecular complexity index is 770. The molecular formula is C16H16FN3O2S. The van der Waals surface area contributed by atoms with Gasteiger partial charge in [-0.1, -0.05) is 18.2 Å². The first-order valence-electron chi connectivity index (χ1n) is 7.29. The molecule has 0 atom stereocenters. The van der Waals surface area contributed by atoms with Crippen molar-refractivity contribution in [2.45, 2.75) is 25.8 Å². The number of nitrogens with zero attached hydrogens (tertiary/aromatic N) is 2. The summed E-state index contributed by atoms with van der Waals surface area (Å²) in [5.41, 5.74) is 5.77. The first-order chi connectivity index (χ1) is 11.0. The van der Waals surface area contributed by atoms with E-state index in [0.717, 1.165) is 12.8 Å². The number of thiazole rings is 1. The zero-order valence-electron chi connectivity index (χ0n) is 12.6. The smallest absolute Gasteiger partial charge is 0.274 e. The molecule has 0 spiro atoms. The van der Waals surface area contributed by atoms with Crippen molar-refractivity contribution >= 4 is 23.2 Å². The third-order valence-electron chi connectivity index (χ3n) is 3.63. The van der Waals surface area contributed by atoms with Crippen molar-refractivity contribution < 1.29 is 14.0 Å². The highest BCUT2D eigenvalue weighted by Gasteiger charge is 2.36. The molecule has 120 valence electrons. The van der Waals surface area contributed by atoms with E-state index < -0.39 is 11.7 Å². The first kappa shape index (κ1) is 15.6. The van der Waals surface area contributed by atoms with Crippen molar-refractivity contribution in [3.8, 4) is 10.4 Å². The lowest BCUT2D eigenvalue weighted by molar-refractivity contribution is -0.118. The van der Waals surface area contributed by atoms with E-state index in [9.17, 15) is 14.0 Å². The van der Waals surface area contributed by atoms with Crippen LogP contribution in [0.1, 0.15) is 28.3 Å². The van der Waals surface area contributed by atoms with Crippen LogP contribution in [0.3, 0.4) is 0 Å². The van der Waals surface area contributed by atoms with E-state index >= 15 is 0 Å². The number of benzene rings is 1. The van der Waals surface area contributed by atoms with Crippen molar-refractivity contribution in [1.82, 2.24) is 9.88 Å². The lowest BCUT2D eigenvalue weighted by atomic mass is 10.1. The third kappa shape index (κ3) is 3.24. The van der Waals surface area contributed by atoms with E-state index in [1.54, 1.807) is 25.1 Å². The molecule has 1 aromatic heterocycles. The number of aromatic nitrogens is 1. The van der Waals surface area contributed by atoms with Crippen molar-refractivity contribution in [3.63, 3.8) is 0 Å². The quantitative estimate of drug-likeness (QED) is 0.912. The molecule has 0 saturated heterocycles. The van der Waals surface area contributed by atoms with Gasteiger partial charge in [-0.2, -0.15) is 0 Å². The van der Waals surface area contributed by atoms with Gasteiger partial charge < -0.3 is 10.6 Å². The van der Waals surface area contributed by atoms with Gasteiger partial charge in [0.05, 0.1) is 16.4 Å². The summed E-state index contributed by atoms with van der Waals surface area (Å²) in [6, 6.07) is 6.29. The molecule has 1 aromatic carbocycles. The van der Waals surface area contributed by atoms with Crippen LogP contribution in [0.5, 0.6) is 0 Å². The molecular weight excluding hydrogens is 317 g/mol. The second-order valence-corrected chi connectivity index (χ2v) is 6.72. The predicted octanol–water partition coefficient (Wildman–Crippen LogP) is 2.35. The number of aryl methyl sites for hydroxylation is 1. The fourth-order valence-corrected chi connectivity index (χ4v) is 3.39. The van der Waals surface area contributed by atoms with Crippen molar-refractivity contribution in [2.75, 3.05) is 6.54 Å². The molecule has 0 unspecified atom stereocenters. The van der Waals surface area contributed by atoms with E-state index in [2.05, 4.69) is 4.98 Å². The summed E-state index contributed by atoms with van der Waals surface area (Å²) in [6.45, 7) is 1.62. The fraction of sp³-hybridized carbons (Fsp3) is 0.312. The molecule has 3 rings (SSSR count). The molecule has 0 bridgehead atoms. The third-order valence-corrected chi connectivity index (χ3v) is 4.63. The van der Waals surface area contributed by atoms with Crippen LogP contribution in [0.25, 0.3) is 10.4 Å². The molecule has 1 aliphatic carbocycles. The summed E-state index contributed by atoms with van der Waals surface area (Å²) in [5, 5.41) is 0.668. The maximum atomic E-state index is 14.1. The van der Waals surface area contributed by atoms with Crippen LogP contribution in [0, 0.1) is 12.7 Å². The fourth-order valence-electron chi connectivity index (χ4n) is 2.46. The number of primary amides is 1. The highest BCUT2D eigenvalue weighted by atomic mass is 32.1. The standard InChI is InChI=1S/C16H16FN3O2S/c1-9-19-14(15(23-9)11-4-2-3-5-12(11)17)16(22)20(8-13(18)21)10-6-7-10/h2-5,10H,6-8H2,1H3,(H2,18,21). The van der Waals surface area contributed by atoms with Crippen molar-refractivity contribution in [3.05, 3.63) is 40.8 Å². The lowest BCUT2D eigenvalue weighted by Gasteiger charge is -2.20. The van der Waals surface area contributed by atoms with Crippen LogP contribution >= 0.6 is 11.3 Å². The Hall–Kier alpha value is -2.28. The van der Waals surface area contributed by atoms with Crippen LogP contribution in [0.4, 0.5) is 4.39 Å². The summed E-state index contributed by atoms with van der Waals surface area (Å²) in [7, 11) is 0. The molecule has 7 heteroatoms. The highest BCUT2D eigenvalue weighted by Crippen LogP contribution is 2.35. The number of nitrogens with two attached hydrogens (primary N) is 1. The van der Waals surface area contributed by atoms with Crippen molar-refractivity contribution in [1.29, 1.82) is 0 Å². The van der Waals surface area contributed by atoms with E-state index in [1.807, 2.05) is 0 Å². The number of hydrogen-bond donors (Lipinski definition) is 1. The van der Waals surface area contributed by atoms with Gasteiger partial charge in [-0.05, 0) is 25.8 Å². The molecule has 2 N–H and O–H groups in total. The van der Waals surface area contributed by atoms with Gasteiger partial charge >= 0.3 is 0 Å².